The highest BCUT2D eigenvalue weighted by atomic mass is 35.5. The van der Waals surface area contributed by atoms with Gasteiger partial charge in [0.1, 0.15) is 0 Å². The van der Waals surface area contributed by atoms with E-state index in [1.165, 1.54) is 0 Å². The molecule has 4 nitrogen and oxygen atoms in total. The number of ether oxygens (including phenoxy) is 1. The van der Waals surface area contributed by atoms with Gasteiger partial charge in [-0.3, -0.25) is 4.79 Å². The van der Waals surface area contributed by atoms with Crippen molar-refractivity contribution >= 4 is 23.2 Å². The highest BCUT2D eigenvalue weighted by Crippen LogP contribution is 2.33. The molecule has 1 amide bonds. The van der Waals surface area contributed by atoms with Gasteiger partial charge in [-0.25, -0.2) is 0 Å². The van der Waals surface area contributed by atoms with E-state index in [0.717, 1.165) is 18.2 Å². The Bertz CT molecular complexity index is 481. The molecule has 118 valence electrons. The first-order valence-electron chi connectivity index (χ1n) is 6.21. The summed E-state index contributed by atoms with van der Waals surface area (Å²) in [6.07, 6.45) is -3.80. The molecule has 2 N–H and O–H groups in total. The summed E-state index contributed by atoms with van der Waals surface area (Å²) in [6.45, 7) is 0.797. The molecule has 0 aromatic heterocycles. The van der Waals surface area contributed by atoms with Crippen LogP contribution in [0.2, 0.25) is 5.02 Å². The van der Waals surface area contributed by atoms with E-state index in [1.807, 2.05) is 0 Å². The summed E-state index contributed by atoms with van der Waals surface area (Å²) in [4.78, 5) is 11.5. The van der Waals surface area contributed by atoms with Gasteiger partial charge >= 0.3 is 6.18 Å². The minimum absolute atomic E-state index is 0.0681. The van der Waals surface area contributed by atoms with Crippen LogP contribution in [0.15, 0.2) is 18.2 Å². The number of halogens is 4. The zero-order valence-corrected chi connectivity index (χ0v) is 12.1. The lowest BCUT2D eigenvalue weighted by Gasteiger charge is -2.12. The fourth-order valence-corrected chi connectivity index (χ4v) is 1.70. The van der Waals surface area contributed by atoms with E-state index in [4.69, 9.17) is 16.3 Å². The van der Waals surface area contributed by atoms with Crippen LogP contribution in [0.5, 0.6) is 0 Å². The topological polar surface area (TPSA) is 50.4 Å². The van der Waals surface area contributed by atoms with E-state index < -0.39 is 11.7 Å². The highest BCUT2D eigenvalue weighted by molar-refractivity contribution is 6.33. The minimum atomic E-state index is -4.45. The lowest BCUT2D eigenvalue weighted by molar-refractivity contribution is -0.137. The summed E-state index contributed by atoms with van der Waals surface area (Å²) in [5.41, 5.74) is -0.756. The second-order valence-electron chi connectivity index (χ2n) is 4.24. The van der Waals surface area contributed by atoms with Crippen molar-refractivity contribution in [3.05, 3.63) is 28.8 Å². The summed E-state index contributed by atoms with van der Waals surface area (Å²) >= 11 is 5.80. The van der Waals surface area contributed by atoms with Crippen molar-refractivity contribution in [2.75, 3.05) is 32.1 Å². The molecule has 0 aliphatic heterocycles. The number of anilines is 1. The molecule has 0 aliphatic carbocycles. The minimum Gasteiger partial charge on any atom is -0.385 e. The van der Waals surface area contributed by atoms with Crippen molar-refractivity contribution < 1.29 is 22.7 Å². The van der Waals surface area contributed by atoms with Gasteiger partial charge in [-0.1, -0.05) is 11.6 Å². The van der Waals surface area contributed by atoms with Gasteiger partial charge < -0.3 is 15.4 Å². The Morgan fingerprint density at radius 3 is 2.71 bits per heavy atom. The first-order chi connectivity index (χ1) is 9.84. The standard InChI is InChI=1S/C13H16ClF3N2O2/c1-21-6-2-5-18-12(20)8-19-11-7-9(13(15,16)17)3-4-10(11)14/h3-4,7,19H,2,5-6,8H2,1H3,(H,18,20). The molecule has 0 saturated carbocycles. The van der Waals surface area contributed by atoms with Crippen LogP contribution in [-0.2, 0) is 15.7 Å². The van der Waals surface area contributed by atoms with Gasteiger partial charge in [-0.05, 0) is 24.6 Å². The van der Waals surface area contributed by atoms with Crippen LogP contribution in [0.25, 0.3) is 0 Å². The molecule has 21 heavy (non-hydrogen) atoms. The first kappa shape index (κ1) is 17.6. The van der Waals surface area contributed by atoms with Gasteiger partial charge in [0, 0.05) is 20.3 Å². The molecule has 0 atom stereocenters. The van der Waals surface area contributed by atoms with E-state index in [-0.39, 0.29) is 23.2 Å². The molecule has 0 bridgehead atoms. The summed E-state index contributed by atoms with van der Waals surface area (Å²) in [5.74, 6) is -0.334. The zero-order valence-electron chi connectivity index (χ0n) is 11.4. The lowest BCUT2D eigenvalue weighted by Crippen LogP contribution is -2.31. The average Bonchev–Trinajstić information content (AvgIpc) is 2.41. The van der Waals surface area contributed by atoms with Gasteiger partial charge in [0.2, 0.25) is 5.91 Å². The molecular weight excluding hydrogens is 309 g/mol. The third-order valence-corrected chi connectivity index (χ3v) is 2.91. The number of carbonyl (C=O) groups is 1. The Morgan fingerprint density at radius 1 is 1.38 bits per heavy atom. The van der Waals surface area contributed by atoms with Gasteiger partial charge in [0.05, 0.1) is 22.8 Å². The van der Waals surface area contributed by atoms with Crippen LogP contribution in [0, 0.1) is 0 Å². The maximum atomic E-state index is 12.6. The molecule has 1 aromatic carbocycles. The van der Waals surface area contributed by atoms with Crippen LogP contribution in [-0.4, -0.2) is 32.7 Å². The number of methoxy groups -OCH3 is 1. The maximum absolute atomic E-state index is 12.6. The third-order valence-electron chi connectivity index (χ3n) is 2.58. The van der Waals surface area contributed by atoms with Crippen molar-refractivity contribution in [1.29, 1.82) is 0 Å². The number of rotatable bonds is 7. The number of alkyl halides is 3. The zero-order chi connectivity index (χ0) is 15.9. The molecule has 8 heteroatoms. The molecule has 0 spiro atoms. The largest absolute Gasteiger partial charge is 0.416 e. The van der Waals surface area contributed by atoms with Crippen molar-refractivity contribution in [2.45, 2.75) is 12.6 Å². The van der Waals surface area contributed by atoms with Crippen LogP contribution >= 0.6 is 11.6 Å². The fraction of sp³-hybridized carbons (Fsp3) is 0.462. The Hall–Kier alpha value is -1.47. The number of hydrogen-bond acceptors (Lipinski definition) is 3. The van der Waals surface area contributed by atoms with Crippen LogP contribution in [0.4, 0.5) is 18.9 Å². The monoisotopic (exact) mass is 324 g/mol. The van der Waals surface area contributed by atoms with Crippen LogP contribution in [0.1, 0.15) is 12.0 Å². The van der Waals surface area contributed by atoms with Gasteiger partial charge in [-0.15, -0.1) is 0 Å². The Labute approximate surface area is 125 Å². The van der Waals surface area contributed by atoms with E-state index in [0.29, 0.717) is 19.6 Å². The Balaban J connectivity index is 2.53. The normalized spacial score (nSPS) is 11.3. The number of nitrogens with one attached hydrogen (secondary N) is 2. The lowest BCUT2D eigenvalue weighted by atomic mass is 10.2. The van der Waals surface area contributed by atoms with Gasteiger partial charge in [-0.2, -0.15) is 13.2 Å². The first-order valence-corrected chi connectivity index (χ1v) is 6.58. The molecule has 1 aromatic rings. The van der Waals surface area contributed by atoms with E-state index in [2.05, 4.69) is 10.6 Å². The molecule has 0 aliphatic rings. The summed E-state index contributed by atoms with van der Waals surface area (Å²) < 4.78 is 42.5. The maximum Gasteiger partial charge on any atom is 0.416 e. The Kier molecular flexibility index (Phi) is 6.77. The van der Waals surface area contributed by atoms with E-state index in [1.54, 1.807) is 7.11 Å². The fourth-order valence-electron chi connectivity index (χ4n) is 1.52. The van der Waals surface area contributed by atoms with Crippen LogP contribution < -0.4 is 10.6 Å². The third kappa shape index (κ3) is 6.22. The molecular formula is C13H16ClF3N2O2. The van der Waals surface area contributed by atoms with Gasteiger partial charge in [0.15, 0.2) is 0 Å². The molecule has 1 rings (SSSR count). The average molecular weight is 325 g/mol. The van der Waals surface area contributed by atoms with E-state index >= 15 is 0 Å². The Morgan fingerprint density at radius 2 is 2.10 bits per heavy atom. The van der Waals surface area contributed by atoms with Gasteiger partial charge in [0.25, 0.3) is 0 Å². The second kappa shape index (κ2) is 8.09. The number of carbonyl (C=O) groups excluding carboxylic acids is 1. The quantitative estimate of drug-likeness (QED) is 0.758. The van der Waals surface area contributed by atoms with E-state index in [9.17, 15) is 18.0 Å². The summed E-state index contributed by atoms with van der Waals surface area (Å²) in [7, 11) is 1.55. The SMILES string of the molecule is COCCCNC(=O)CNc1cc(C(F)(F)F)ccc1Cl. The summed E-state index contributed by atoms with van der Waals surface area (Å²) in [5, 5.41) is 5.32. The predicted molar refractivity (Wildman–Crippen MR) is 74.4 cm³/mol. The van der Waals surface area contributed by atoms with Crippen molar-refractivity contribution in [3.8, 4) is 0 Å². The smallest absolute Gasteiger partial charge is 0.385 e. The number of hydrogen-bond donors (Lipinski definition) is 2. The number of amides is 1. The molecule has 0 unspecified atom stereocenters. The number of benzene rings is 1. The summed E-state index contributed by atoms with van der Waals surface area (Å²) in [6, 6.07) is 2.90. The van der Waals surface area contributed by atoms with Crippen LogP contribution in [0.3, 0.4) is 0 Å². The predicted octanol–water partition coefficient (Wildman–Crippen LogP) is 2.92. The molecule has 0 radical (unpaired) electrons. The molecule has 0 heterocycles. The van der Waals surface area contributed by atoms with Crippen molar-refractivity contribution in [3.63, 3.8) is 0 Å². The molecule has 0 fully saturated rings. The highest BCUT2D eigenvalue weighted by Gasteiger charge is 2.30. The molecule has 0 saturated heterocycles. The van der Waals surface area contributed by atoms with Crippen molar-refractivity contribution in [2.24, 2.45) is 0 Å². The van der Waals surface area contributed by atoms with Crippen molar-refractivity contribution in [1.82, 2.24) is 5.32 Å². The second-order valence-corrected chi connectivity index (χ2v) is 4.65.